The van der Waals surface area contributed by atoms with Crippen molar-refractivity contribution < 1.29 is 0 Å². The average molecular weight is 868 g/mol. The van der Waals surface area contributed by atoms with Crippen molar-refractivity contribution >= 4 is 43.6 Å². The Morgan fingerprint density at radius 3 is 1.43 bits per heavy atom. The zero-order valence-electron chi connectivity index (χ0n) is 36.9. The Morgan fingerprint density at radius 1 is 0.265 bits per heavy atom. The second-order valence-corrected chi connectivity index (χ2v) is 17.2. The van der Waals surface area contributed by atoms with Crippen molar-refractivity contribution in [1.82, 2.24) is 24.1 Å². The third-order valence-electron chi connectivity index (χ3n) is 13.2. The molecule has 5 heteroatoms. The van der Waals surface area contributed by atoms with E-state index >= 15 is 0 Å². The number of aromatic nitrogens is 5. The molecule has 318 valence electrons. The molecular formula is C63H41N5. The maximum absolute atomic E-state index is 5.48. The van der Waals surface area contributed by atoms with E-state index in [0.717, 1.165) is 88.2 Å². The largest absolute Gasteiger partial charge is 0.309 e. The molecule has 0 unspecified atom stereocenters. The first-order valence-electron chi connectivity index (χ1n) is 23.0. The van der Waals surface area contributed by atoms with Gasteiger partial charge in [-0.05, 0) is 75.3 Å². The van der Waals surface area contributed by atoms with E-state index in [1.165, 1.54) is 16.7 Å². The molecule has 3 heterocycles. The molecule has 0 saturated heterocycles. The van der Waals surface area contributed by atoms with Crippen LogP contribution in [0.1, 0.15) is 0 Å². The van der Waals surface area contributed by atoms with Crippen molar-refractivity contribution in [3.05, 3.63) is 249 Å². The van der Waals surface area contributed by atoms with Gasteiger partial charge in [0, 0.05) is 38.2 Å². The molecule has 3 aromatic heterocycles. The predicted molar refractivity (Wildman–Crippen MR) is 281 cm³/mol. The average Bonchev–Trinajstić information content (AvgIpc) is 3.95. The second kappa shape index (κ2) is 16.4. The summed E-state index contributed by atoms with van der Waals surface area (Å²) in [5, 5.41) is 4.54. The van der Waals surface area contributed by atoms with E-state index in [0.29, 0.717) is 17.6 Å². The molecule has 0 bridgehead atoms. The van der Waals surface area contributed by atoms with Crippen molar-refractivity contribution in [2.45, 2.75) is 0 Å². The van der Waals surface area contributed by atoms with Crippen LogP contribution in [0.5, 0.6) is 0 Å². The summed E-state index contributed by atoms with van der Waals surface area (Å²) in [5.74, 6) is 1.74. The zero-order chi connectivity index (χ0) is 45.0. The first-order valence-corrected chi connectivity index (χ1v) is 23.0. The second-order valence-electron chi connectivity index (χ2n) is 17.2. The van der Waals surface area contributed by atoms with Crippen LogP contribution in [0.25, 0.3) is 123 Å². The molecule has 0 aliphatic carbocycles. The molecular weight excluding hydrogens is 827 g/mol. The summed E-state index contributed by atoms with van der Waals surface area (Å²) >= 11 is 0. The maximum atomic E-state index is 5.48. The van der Waals surface area contributed by atoms with Crippen molar-refractivity contribution in [3.63, 3.8) is 0 Å². The van der Waals surface area contributed by atoms with Gasteiger partial charge in [-0.3, -0.25) is 4.57 Å². The van der Waals surface area contributed by atoms with Crippen LogP contribution in [0.2, 0.25) is 0 Å². The molecule has 5 nitrogen and oxygen atoms in total. The zero-order valence-corrected chi connectivity index (χ0v) is 36.9. The van der Waals surface area contributed by atoms with E-state index in [1.807, 2.05) is 6.07 Å². The highest BCUT2D eigenvalue weighted by atomic mass is 15.2. The van der Waals surface area contributed by atoms with Crippen LogP contribution >= 0.6 is 0 Å². The van der Waals surface area contributed by atoms with Crippen molar-refractivity contribution in [2.24, 2.45) is 0 Å². The molecule has 68 heavy (non-hydrogen) atoms. The van der Waals surface area contributed by atoms with Crippen molar-refractivity contribution in [3.8, 4) is 78.9 Å². The van der Waals surface area contributed by atoms with Gasteiger partial charge in [0.1, 0.15) is 0 Å². The Hall–Kier alpha value is -9.19. The van der Waals surface area contributed by atoms with Crippen LogP contribution in [0.3, 0.4) is 0 Å². The van der Waals surface area contributed by atoms with E-state index in [1.54, 1.807) is 0 Å². The summed E-state index contributed by atoms with van der Waals surface area (Å²) in [4.78, 5) is 16.2. The normalized spacial score (nSPS) is 11.5. The van der Waals surface area contributed by atoms with Crippen LogP contribution in [0.4, 0.5) is 0 Å². The van der Waals surface area contributed by atoms with Crippen molar-refractivity contribution in [1.29, 1.82) is 0 Å². The summed E-state index contributed by atoms with van der Waals surface area (Å²) in [7, 11) is 0. The molecule has 10 aromatic carbocycles. The fourth-order valence-electron chi connectivity index (χ4n) is 10.0. The lowest BCUT2D eigenvalue weighted by atomic mass is 9.98. The first-order chi connectivity index (χ1) is 33.7. The minimum absolute atomic E-state index is 0.550. The predicted octanol–water partition coefficient (Wildman–Crippen LogP) is 16.1. The van der Waals surface area contributed by atoms with Crippen LogP contribution in [0, 0.1) is 0 Å². The molecule has 0 atom stereocenters. The minimum atomic E-state index is 0.550. The van der Waals surface area contributed by atoms with Gasteiger partial charge in [0.2, 0.25) is 5.95 Å². The molecule has 0 aliphatic heterocycles. The summed E-state index contributed by atoms with van der Waals surface area (Å²) in [5.41, 5.74) is 16.4. The highest BCUT2D eigenvalue weighted by molar-refractivity contribution is 6.26. The van der Waals surface area contributed by atoms with Crippen LogP contribution < -0.4 is 0 Å². The standard InChI is InChI=1S/C63H41N5/c1-4-18-42(19-5-1)44-34-36-46(37-35-44)61-64-62(50-27-17-26-49(41-50)48-25-16-24-47(40-48)43-20-6-2-7-21-43)66-63(65-61)68-56-32-14-11-29-52(56)53-38-39-58-59(60(53)68)54-30-12-15-33-57(54)67(58)55-31-13-10-28-51(55)45-22-8-3-9-23-45/h1-41H. The van der Waals surface area contributed by atoms with E-state index in [2.05, 4.69) is 252 Å². The smallest absolute Gasteiger partial charge is 0.238 e. The van der Waals surface area contributed by atoms with E-state index in [-0.39, 0.29) is 0 Å². The van der Waals surface area contributed by atoms with Gasteiger partial charge in [-0.15, -0.1) is 0 Å². The van der Waals surface area contributed by atoms with Crippen LogP contribution in [-0.2, 0) is 0 Å². The minimum Gasteiger partial charge on any atom is -0.309 e. The highest BCUT2D eigenvalue weighted by Gasteiger charge is 2.24. The number of benzene rings is 10. The van der Waals surface area contributed by atoms with Gasteiger partial charge in [0.05, 0.1) is 27.8 Å². The van der Waals surface area contributed by atoms with Gasteiger partial charge in [-0.1, -0.05) is 212 Å². The van der Waals surface area contributed by atoms with Crippen molar-refractivity contribution in [2.75, 3.05) is 0 Å². The monoisotopic (exact) mass is 867 g/mol. The molecule has 0 saturated carbocycles. The fraction of sp³-hybridized carbons (Fsp3) is 0. The molecule has 0 spiro atoms. The number of fused-ring (bicyclic) bond motifs is 7. The van der Waals surface area contributed by atoms with Gasteiger partial charge in [0.25, 0.3) is 0 Å². The lowest BCUT2D eigenvalue weighted by Gasteiger charge is -2.14. The Morgan fingerprint density at radius 2 is 0.735 bits per heavy atom. The molecule has 0 aliphatic rings. The van der Waals surface area contributed by atoms with E-state index in [9.17, 15) is 0 Å². The van der Waals surface area contributed by atoms with Gasteiger partial charge >= 0.3 is 0 Å². The fourth-order valence-corrected chi connectivity index (χ4v) is 10.0. The first kappa shape index (κ1) is 39.2. The van der Waals surface area contributed by atoms with Gasteiger partial charge < -0.3 is 4.57 Å². The Balaban J connectivity index is 1.06. The van der Waals surface area contributed by atoms with Gasteiger partial charge in [-0.2, -0.15) is 9.97 Å². The number of nitrogens with zero attached hydrogens (tertiary/aromatic N) is 5. The third-order valence-corrected chi connectivity index (χ3v) is 13.2. The number of rotatable bonds is 8. The number of para-hydroxylation sites is 3. The Labute approximate surface area is 393 Å². The summed E-state index contributed by atoms with van der Waals surface area (Å²) in [6.07, 6.45) is 0. The van der Waals surface area contributed by atoms with Gasteiger partial charge in [0.15, 0.2) is 11.6 Å². The van der Waals surface area contributed by atoms with Crippen LogP contribution in [-0.4, -0.2) is 24.1 Å². The Bertz CT molecular complexity index is 4000. The quantitative estimate of drug-likeness (QED) is 0.153. The Kier molecular flexibility index (Phi) is 9.43. The molecule has 0 amide bonds. The van der Waals surface area contributed by atoms with E-state index < -0.39 is 0 Å². The van der Waals surface area contributed by atoms with Crippen LogP contribution in [0.15, 0.2) is 249 Å². The SMILES string of the molecule is c1ccc(-c2ccc(-c3nc(-c4cccc(-c5cccc(-c6ccccc6)c5)c4)nc(-n4c5ccccc5c5ccc6c(c7ccccc7n6-c6ccccc6-c6ccccc6)c54)n3)cc2)cc1. The topological polar surface area (TPSA) is 48.5 Å². The van der Waals surface area contributed by atoms with Gasteiger partial charge in [-0.25, -0.2) is 4.98 Å². The lowest BCUT2D eigenvalue weighted by molar-refractivity contribution is 0.955. The lowest BCUT2D eigenvalue weighted by Crippen LogP contribution is -2.06. The molecule has 13 aromatic rings. The molecule has 0 radical (unpaired) electrons. The summed E-state index contributed by atoms with van der Waals surface area (Å²) in [6, 6.07) is 88.1. The van der Waals surface area contributed by atoms with E-state index in [4.69, 9.17) is 15.0 Å². The highest BCUT2D eigenvalue weighted by Crippen LogP contribution is 2.43. The third kappa shape index (κ3) is 6.68. The summed E-state index contributed by atoms with van der Waals surface area (Å²) < 4.78 is 4.69. The maximum Gasteiger partial charge on any atom is 0.238 e. The summed E-state index contributed by atoms with van der Waals surface area (Å²) in [6.45, 7) is 0. The molecule has 13 rings (SSSR count). The molecule has 0 N–H and O–H groups in total. The number of hydrogen-bond acceptors (Lipinski definition) is 3. The number of hydrogen-bond donors (Lipinski definition) is 0. The molecule has 0 fully saturated rings.